The summed E-state index contributed by atoms with van der Waals surface area (Å²) in [6, 6.07) is 16.9. The largest absolute Gasteiger partial charge is 0.497 e. The molecule has 0 fully saturated rings. The van der Waals surface area contributed by atoms with Gasteiger partial charge < -0.3 is 10.1 Å². The molecule has 0 spiro atoms. The van der Waals surface area contributed by atoms with E-state index in [0.29, 0.717) is 6.04 Å². The molecule has 0 aliphatic carbocycles. The summed E-state index contributed by atoms with van der Waals surface area (Å²) >= 11 is 0. The zero-order chi connectivity index (χ0) is 13.0. The molecule has 2 rings (SSSR count). The van der Waals surface area contributed by atoms with Crippen LogP contribution in [0.2, 0.25) is 0 Å². The maximum absolute atomic E-state index is 5.28. The van der Waals surface area contributed by atoms with Crippen molar-refractivity contribution >= 4 is 5.69 Å². The minimum Gasteiger partial charge on any atom is -0.497 e. The zero-order valence-corrected chi connectivity index (χ0v) is 11.1. The molecule has 0 saturated heterocycles. The molecule has 94 valence electrons. The molecule has 0 unspecified atom stereocenters. The summed E-state index contributed by atoms with van der Waals surface area (Å²) in [7, 11) is 1.69. The quantitative estimate of drug-likeness (QED) is 0.867. The first-order chi connectivity index (χ1) is 8.70. The van der Waals surface area contributed by atoms with Crippen LogP contribution in [0.25, 0.3) is 11.1 Å². The topological polar surface area (TPSA) is 21.3 Å². The van der Waals surface area contributed by atoms with Gasteiger partial charge in [-0.3, -0.25) is 0 Å². The number of anilines is 1. The Hall–Kier alpha value is -1.96. The molecule has 2 aromatic carbocycles. The van der Waals surface area contributed by atoms with Crippen molar-refractivity contribution in [2.24, 2.45) is 0 Å². The Labute approximate surface area is 109 Å². The normalized spacial score (nSPS) is 10.4. The first-order valence-corrected chi connectivity index (χ1v) is 6.20. The maximum atomic E-state index is 5.28. The molecule has 0 radical (unpaired) electrons. The number of methoxy groups -OCH3 is 1. The van der Waals surface area contributed by atoms with Gasteiger partial charge in [-0.1, -0.05) is 30.3 Å². The van der Waals surface area contributed by atoms with Crippen molar-refractivity contribution in [1.82, 2.24) is 0 Å². The SMILES string of the molecule is COc1cccc(-c2ccccc2NC(C)C)c1. The lowest BCUT2D eigenvalue weighted by Crippen LogP contribution is -2.10. The molecule has 0 aromatic heterocycles. The average molecular weight is 241 g/mol. The molecule has 0 bridgehead atoms. The van der Waals surface area contributed by atoms with E-state index < -0.39 is 0 Å². The second-order valence-corrected chi connectivity index (χ2v) is 4.58. The summed E-state index contributed by atoms with van der Waals surface area (Å²) in [5.41, 5.74) is 3.52. The van der Waals surface area contributed by atoms with E-state index in [2.05, 4.69) is 49.5 Å². The molecule has 1 N–H and O–H groups in total. The molecule has 0 saturated carbocycles. The van der Waals surface area contributed by atoms with Crippen molar-refractivity contribution in [2.75, 3.05) is 12.4 Å². The average Bonchev–Trinajstić information content (AvgIpc) is 2.39. The van der Waals surface area contributed by atoms with Crippen LogP contribution >= 0.6 is 0 Å². The molecule has 0 amide bonds. The highest BCUT2D eigenvalue weighted by Crippen LogP contribution is 2.30. The van der Waals surface area contributed by atoms with E-state index in [1.54, 1.807) is 7.11 Å². The Morgan fingerprint density at radius 1 is 1.00 bits per heavy atom. The highest BCUT2D eigenvalue weighted by atomic mass is 16.5. The van der Waals surface area contributed by atoms with Crippen molar-refractivity contribution < 1.29 is 4.74 Å². The second-order valence-electron chi connectivity index (χ2n) is 4.58. The van der Waals surface area contributed by atoms with Gasteiger partial charge in [-0.15, -0.1) is 0 Å². The van der Waals surface area contributed by atoms with Gasteiger partial charge in [-0.2, -0.15) is 0 Å². The Morgan fingerprint density at radius 2 is 1.78 bits per heavy atom. The number of ether oxygens (including phenoxy) is 1. The second kappa shape index (κ2) is 5.58. The van der Waals surface area contributed by atoms with Gasteiger partial charge in [0.1, 0.15) is 5.75 Å². The highest BCUT2D eigenvalue weighted by Gasteiger charge is 2.06. The Bertz CT molecular complexity index is 520. The summed E-state index contributed by atoms with van der Waals surface area (Å²) in [5.74, 6) is 0.881. The van der Waals surface area contributed by atoms with Crippen molar-refractivity contribution in [3.63, 3.8) is 0 Å². The van der Waals surface area contributed by atoms with Gasteiger partial charge in [0.25, 0.3) is 0 Å². The lowest BCUT2D eigenvalue weighted by molar-refractivity contribution is 0.415. The first kappa shape index (κ1) is 12.5. The van der Waals surface area contributed by atoms with Crippen molar-refractivity contribution in [3.8, 4) is 16.9 Å². The van der Waals surface area contributed by atoms with Crippen LogP contribution in [0.15, 0.2) is 48.5 Å². The van der Waals surface area contributed by atoms with Crippen LogP contribution in [0.5, 0.6) is 5.75 Å². The third-order valence-electron chi connectivity index (χ3n) is 2.75. The molecule has 2 aromatic rings. The molecule has 18 heavy (non-hydrogen) atoms. The number of hydrogen-bond acceptors (Lipinski definition) is 2. The smallest absolute Gasteiger partial charge is 0.119 e. The Morgan fingerprint density at radius 3 is 2.50 bits per heavy atom. The van der Waals surface area contributed by atoms with Crippen LogP contribution in [-0.4, -0.2) is 13.2 Å². The molecule has 2 heteroatoms. The standard InChI is InChI=1S/C16H19NO/c1-12(2)17-16-10-5-4-9-15(16)13-7-6-8-14(11-13)18-3/h4-12,17H,1-3H3. The zero-order valence-electron chi connectivity index (χ0n) is 11.1. The van der Waals surface area contributed by atoms with E-state index in [0.717, 1.165) is 17.0 Å². The Kier molecular flexibility index (Phi) is 3.88. The fourth-order valence-electron chi connectivity index (χ4n) is 1.96. The van der Waals surface area contributed by atoms with Gasteiger partial charge in [0.15, 0.2) is 0 Å². The van der Waals surface area contributed by atoms with Gasteiger partial charge >= 0.3 is 0 Å². The molecule has 2 nitrogen and oxygen atoms in total. The lowest BCUT2D eigenvalue weighted by atomic mass is 10.0. The fourth-order valence-corrected chi connectivity index (χ4v) is 1.96. The maximum Gasteiger partial charge on any atom is 0.119 e. The summed E-state index contributed by atoms with van der Waals surface area (Å²) in [4.78, 5) is 0. The molecule has 0 heterocycles. The third-order valence-corrected chi connectivity index (χ3v) is 2.75. The summed E-state index contributed by atoms with van der Waals surface area (Å²) in [5, 5.41) is 3.47. The number of hydrogen-bond donors (Lipinski definition) is 1. The minimum absolute atomic E-state index is 0.414. The van der Waals surface area contributed by atoms with E-state index in [1.165, 1.54) is 5.56 Å². The van der Waals surface area contributed by atoms with E-state index >= 15 is 0 Å². The van der Waals surface area contributed by atoms with Crippen LogP contribution < -0.4 is 10.1 Å². The molecular formula is C16H19NO. The summed E-state index contributed by atoms with van der Waals surface area (Å²) in [6.07, 6.45) is 0. The van der Waals surface area contributed by atoms with Crippen LogP contribution in [-0.2, 0) is 0 Å². The summed E-state index contributed by atoms with van der Waals surface area (Å²) in [6.45, 7) is 4.28. The van der Waals surface area contributed by atoms with E-state index in [1.807, 2.05) is 18.2 Å². The molecule has 0 atom stereocenters. The van der Waals surface area contributed by atoms with Crippen LogP contribution in [0, 0.1) is 0 Å². The number of rotatable bonds is 4. The Balaban J connectivity index is 2.42. The number of para-hydroxylation sites is 1. The van der Waals surface area contributed by atoms with Gasteiger partial charge in [-0.05, 0) is 37.6 Å². The van der Waals surface area contributed by atoms with Gasteiger partial charge in [0, 0.05) is 17.3 Å². The highest BCUT2D eigenvalue weighted by molar-refractivity contribution is 5.78. The first-order valence-electron chi connectivity index (χ1n) is 6.20. The predicted molar refractivity (Wildman–Crippen MR) is 77.2 cm³/mol. The van der Waals surface area contributed by atoms with Crippen molar-refractivity contribution in [1.29, 1.82) is 0 Å². The molecule has 0 aliphatic heterocycles. The van der Waals surface area contributed by atoms with E-state index in [-0.39, 0.29) is 0 Å². The van der Waals surface area contributed by atoms with E-state index in [9.17, 15) is 0 Å². The van der Waals surface area contributed by atoms with Crippen LogP contribution in [0.3, 0.4) is 0 Å². The number of nitrogens with one attached hydrogen (secondary N) is 1. The number of benzene rings is 2. The van der Waals surface area contributed by atoms with Gasteiger partial charge in [0.05, 0.1) is 7.11 Å². The van der Waals surface area contributed by atoms with E-state index in [4.69, 9.17) is 4.74 Å². The van der Waals surface area contributed by atoms with Gasteiger partial charge in [-0.25, -0.2) is 0 Å². The third kappa shape index (κ3) is 2.83. The predicted octanol–water partition coefficient (Wildman–Crippen LogP) is 4.18. The molecular weight excluding hydrogens is 222 g/mol. The lowest BCUT2D eigenvalue weighted by Gasteiger charge is -2.15. The van der Waals surface area contributed by atoms with Crippen LogP contribution in [0.4, 0.5) is 5.69 Å². The molecule has 0 aliphatic rings. The van der Waals surface area contributed by atoms with Crippen molar-refractivity contribution in [2.45, 2.75) is 19.9 Å². The fraction of sp³-hybridized carbons (Fsp3) is 0.250. The van der Waals surface area contributed by atoms with Crippen molar-refractivity contribution in [3.05, 3.63) is 48.5 Å². The van der Waals surface area contributed by atoms with Crippen LogP contribution in [0.1, 0.15) is 13.8 Å². The minimum atomic E-state index is 0.414. The van der Waals surface area contributed by atoms with Gasteiger partial charge in [0.2, 0.25) is 0 Å². The summed E-state index contributed by atoms with van der Waals surface area (Å²) < 4.78 is 5.28. The monoisotopic (exact) mass is 241 g/mol.